The molecule has 20 heavy (non-hydrogen) atoms. The van der Waals surface area contributed by atoms with Crippen molar-refractivity contribution in [3.8, 4) is 0 Å². The lowest BCUT2D eigenvalue weighted by Crippen LogP contribution is -2.40. The topological polar surface area (TPSA) is 36.0 Å². The van der Waals surface area contributed by atoms with Crippen LogP contribution in [0.15, 0.2) is 60.7 Å². The second-order valence-electron chi connectivity index (χ2n) is 5.22. The summed E-state index contributed by atoms with van der Waals surface area (Å²) in [6.45, 7) is 2.18. The van der Waals surface area contributed by atoms with Crippen molar-refractivity contribution in [3.05, 3.63) is 71.8 Å². The zero-order valence-corrected chi connectivity index (χ0v) is 11.4. The molecule has 104 valence electrons. The van der Waals surface area contributed by atoms with Crippen LogP contribution in [0.4, 0.5) is 0 Å². The Hall–Kier alpha value is -1.68. The van der Waals surface area contributed by atoms with E-state index in [0.717, 1.165) is 13.1 Å². The fourth-order valence-electron chi connectivity index (χ4n) is 2.41. The third-order valence-electron chi connectivity index (χ3n) is 3.73. The SMILES string of the molecule is OC[C@]1(N(Cc2ccccc2)Cc2ccccc2)CO1. The molecule has 2 aromatic carbocycles. The minimum absolute atomic E-state index is 0.0344. The molecule has 0 amide bonds. The van der Waals surface area contributed by atoms with Crippen LogP contribution >= 0.6 is 0 Å². The van der Waals surface area contributed by atoms with Gasteiger partial charge in [-0.1, -0.05) is 60.7 Å². The van der Waals surface area contributed by atoms with Crippen molar-refractivity contribution in [2.75, 3.05) is 13.2 Å². The fourth-order valence-corrected chi connectivity index (χ4v) is 2.41. The van der Waals surface area contributed by atoms with Gasteiger partial charge in [-0.05, 0) is 11.1 Å². The third-order valence-corrected chi connectivity index (χ3v) is 3.73. The Morgan fingerprint density at radius 2 is 1.35 bits per heavy atom. The molecule has 1 heterocycles. The van der Waals surface area contributed by atoms with Crippen LogP contribution < -0.4 is 0 Å². The standard InChI is InChI=1S/C17H19NO2/c19-13-17(14-20-17)18(11-15-7-3-1-4-8-15)12-16-9-5-2-6-10-16/h1-10,19H,11-14H2/t17-/m1/s1. The van der Waals surface area contributed by atoms with Crippen LogP contribution in [-0.4, -0.2) is 28.9 Å². The highest BCUT2D eigenvalue weighted by Crippen LogP contribution is 2.33. The molecule has 1 atom stereocenters. The van der Waals surface area contributed by atoms with Crippen molar-refractivity contribution in [3.63, 3.8) is 0 Å². The molecule has 1 fully saturated rings. The Morgan fingerprint density at radius 1 is 0.900 bits per heavy atom. The van der Waals surface area contributed by atoms with Gasteiger partial charge in [0.1, 0.15) is 0 Å². The highest BCUT2D eigenvalue weighted by Gasteiger charge is 2.49. The number of epoxide rings is 1. The van der Waals surface area contributed by atoms with Crippen LogP contribution in [0, 0.1) is 0 Å². The summed E-state index contributed by atoms with van der Waals surface area (Å²) in [7, 11) is 0. The zero-order chi connectivity index (χ0) is 13.8. The van der Waals surface area contributed by atoms with Gasteiger partial charge in [0.05, 0.1) is 13.2 Å². The molecule has 0 unspecified atom stereocenters. The highest BCUT2D eigenvalue weighted by molar-refractivity contribution is 5.18. The van der Waals surface area contributed by atoms with Crippen molar-refractivity contribution >= 4 is 0 Å². The van der Waals surface area contributed by atoms with Gasteiger partial charge in [0.15, 0.2) is 5.72 Å². The van der Waals surface area contributed by atoms with E-state index in [9.17, 15) is 5.11 Å². The van der Waals surface area contributed by atoms with Crippen molar-refractivity contribution in [1.82, 2.24) is 4.90 Å². The molecule has 3 nitrogen and oxygen atoms in total. The van der Waals surface area contributed by atoms with Gasteiger partial charge in [0.2, 0.25) is 0 Å². The maximum atomic E-state index is 9.62. The molecule has 0 spiro atoms. The van der Waals surface area contributed by atoms with E-state index in [4.69, 9.17) is 4.74 Å². The summed E-state index contributed by atoms with van der Waals surface area (Å²) in [5, 5.41) is 9.62. The van der Waals surface area contributed by atoms with E-state index in [0.29, 0.717) is 6.61 Å². The Labute approximate surface area is 119 Å². The van der Waals surface area contributed by atoms with Gasteiger partial charge in [-0.25, -0.2) is 0 Å². The average Bonchev–Trinajstić information content (AvgIpc) is 3.30. The van der Waals surface area contributed by atoms with Crippen molar-refractivity contribution in [2.45, 2.75) is 18.8 Å². The summed E-state index contributed by atoms with van der Waals surface area (Å²) in [6.07, 6.45) is 0. The van der Waals surface area contributed by atoms with E-state index in [1.54, 1.807) is 0 Å². The molecule has 2 aromatic rings. The maximum absolute atomic E-state index is 9.62. The van der Waals surface area contributed by atoms with E-state index in [-0.39, 0.29) is 6.61 Å². The molecule has 0 saturated carbocycles. The molecule has 0 radical (unpaired) electrons. The Kier molecular flexibility index (Phi) is 3.83. The van der Waals surface area contributed by atoms with E-state index in [1.165, 1.54) is 11.1 Å². The smallest absolute Gasteiger partial charge is 0.169 e. The highest BCUT2D eigenvalue weighted by atomic mass is 16.6. The summed E-state index contributed by atoms with van der Waals surface area (Å²) in [5.74, 6) is 0. The summed E-state index contributed by atoms with van der Waals surface area (Å²) in [5.41, 5.74) is 1.96. The normalized spacial score (nSPS) is 21.1. The Bertz CT molecular complexity index is 496. The second kappa shape index (κ2) is 5.75. The van der Waals surface area contributed by atoms with Gasteiger partial charge in [-0.2, -0.15) is 0 Å². The lowest BCUT2D eigenvalue weighted by molar-refractivity contribution is 0.0144. The Morgan fingerprint density at radius 3 is 1.70 bits per heavy atom. The lowest BCUT2D eigenvalue weighted by Gasteiger charge is -2.28. The van der Waals surface area contributed by atoms with Gasteiger partial charge in [-0.3, -0.25) is 4.90 Å². The van der Waals surface area contributed by atoms with E-state index >= 15 is 0 Å². The number of hydrogen-bond acceptors (Lipinski definition) is 3. The van der Waals surface area contributed by atoms with Crippen molar-refractivity contribution in [2.24, 2.45) is 0 Å². The van der Waals surface area contributed by atoms with Crippen LogP contribution in [0.1, 0.15) is 11.1 Å². The molecule has 3 heteroatoms. The molecule has 0 aromatic heterocycles. The molecule has 0 bridgehead atoms. The van der Waals surface area contributed by atoms with Gasteiger partial charge in [-0.15, -0.1) is 0 Å². The first-order valence-electron chi connectivity index (χ1n) is 6.90. The van der Waals surface area contributed by atoms with Crippen LogP contribution in [0.25, 0.3) is 0 Å². The quantitative estimate of drug-likeness (QED) is 0.818. The van der Waals surface area contributed by atoms with Crippen LogP contribution in [0.2, 0.25) is 0 Å². The summed E-state index contributed by atoms with van der Waals surface area (Å²) in [6, 6.07) is 20.6. The van der Waals surface area contributed by atoms with E-state index < -0.39 is 5.72 Å². The molecule has 1 aliphatic heterocycles. The fraction of sp³-hybridized carbons (Fsp3) is 0.294. The third kappa shape index (κ3) is 2.90. The summed E-state index contributed by atoms with van der Waals surface area (Å²) in [4.78, 5) is 2.21. The Balaban J connectivity index is 1.78. The lowest BCUT2D eigenvalue weighted by atomic mass is 10.1. The first kappa shape index (κ1) is 13.3. The van der Waals surface area contributed by atoms with Crippen molar-refractivity contribution in [1.29, 1.82) is 0 Å². The minimum atomic E-state index is -0.494. The first-order valence-corrected chi connectivity index (χ1v) is 6.90. The average molecular weight is 269 g/mol. The van der Waals surface area contributed by atoms with Gasteiger partial charge in [0, 0.05) is 13.1 Å². The molecular weight excluding hydrogens is 250 g/mol. The largest absolute Gasteiger partial charge is 0.392 e. The minimum Gasteiger partial charge on any atom is -0.392 e. The summed E-state index contributed by atoms with van der Waals surface area (Å²) < 4.78 is 5.53. The monoisotopic (exact) mass is 269 g/mol. The number of nitrogens with zero attached hydrogens (tertiary/aromatic N) is 1. The van der Waals surface area contributed by atoms with Gasteiger partial charge < -0.3 is 9.84 Å². The molecule has 1 N–H and O–H groups in total. The number of ether oxygens (including phenoxy) is 1. The van der Waals surface area contributed by atoms with Crippen LogP contribution in [0.3, 0.4) is 0 Å². The predicted octanol–water partition coefficient (Wildman–Crippen LogP) is 2.41. The molecular formula is C17H19NO2. The van der Waals surface area contributed by atoms with Crippen LogP contribution in [0.5, 0.6) is 0 Å². The van der Waals surface area contributed by atoms with Gasteiger partial charge >= 0.3 is 0 Å². The van der Waals surface area contributed by atoms with Gasteiger partial charge in [0.25, 0.3) is 0 Å². The number of aliphatic hydroxyl groups excluding tert-OH is 1. The zero-order valence-electron chi connectivity index (χ0n) is 11.4. The van der Waals surface area contributed by atoms with E-state index in [2.05, 4.69) is 29.2 Å². The molecule has 1 saturated heterocycles. The number of aliphatic hydroxyl groups is 1. The molecule has 0 aliphatic carbocycles. The number of hydrogen-bond donors (Lipinski definition) is 1. The van der Waals surface area contributed by atoms with Crippen molar-refractivity contribution < 1.29 is 9.84 Å². The molecule has 3 rings (SSSR count). The maximum Gasteiger partial charge on any atom is 0.169 e. The number of benzene rings is 2. The van der Waals surface area contributed by atoms with E-state index in [1.807, 2.05) is 36.4 Å². The second-order valence-corrected chi connectivity index (χ2v) is 5.22. The predicted molar refractivity (Wildman–Crippen MR) is 77.9 cm³/mol. The molecule has 1 aliphatic rings. The number of rotatable bonds is 6. The first-order chi connectivity index (χ1) is 9.82. The summed E-state index contributed by atoms with van der Waals surface area (Å²) >= 11 is 0. The van der Waals surface area contributed by atoms with Crippen LogP contribution in [-0.2, 0) is 17.8 Å².